The van der Waals surface area contributed by atoms with Gasteiger partial charge in [-0.3, -0.25) is 0 Å². The molecular weight excluding hydrogens is 302 g/mol. The van der Waals surface area contributed by atoms with Crippen molar-refractivity contribution in [2.75, 3.05) is 6.61 Å². The number of esters is 1. The summed E-state index contributed by atoms with van der Waals surface area (Å²) in [7, 11) is 0. The molecule has 5 nitrogen and oxygen atoms in total. The maximum Gasteiger partial charge on any atom is 0.358 e. The van der Waals surface area contributed by atoms with Crippen LogP contribution in [0.4, 0.5) is 0 Å². The normalized spacial score (nSPS) is 15.1. The number of hydrogen-bond donors (Lipinski definition) is 0. The Bertz CT molecular complexity index is 757. The molecule has 0 N–H and O–H groups in total. The van der Waals surface area contributed by atoms with Gasteiger partial charge in [0.25, 0.3) is 0 Å². The topological polar surface area (TPSA) is 56.5 Å². The predicted octanol–water partition coefficient (Wildman–Crippen LogP) is 4.06. The summed E-state index contributed by atoms with van der Waals surface area (Å²) in [6.07, 6.45) is 7.54. The van der Waals surface area contributed by atoms with Crippen molar-refractivity contribution < 1.29 is 9.53 Å². The first-order valence-electron chi connectivity index (χ1n) is 8.81. The van der Waals surface area contributed by atoms with E-state index in [1.54, 1.807) is 17.5 Å². The Balaban J connectivity index is 1.90. The molecule has 2 aromatic rings. The Labute approximate surface area is 142 Å². The van der Waals surface area contributed by atoms with Crippen LogP contribution >= 0.6 is 0 Å². The summed E-state index contributed by atoms with van der Waals surface area (Å²) >= 11 is 0. The molecule has 128 valence electrons. The van der Waals surface area contributed by atoms with E-state index in [-0.39, 0.29) is 0 Å². The standard InChI is InChI=1S/C19H25N3O2/c1-4-24-19(23)16-12-18-20-15(10-9-14-7-5-6-8-14)11-17(13(2)3)22(18)21-16/h11-12,14H,2,4-10H2,1,3H3. The maximum atomic E-state index is 11.9. The van der Waals surface area contributed by atoms with Crippen molar-refractivity contribution in [2.24, 2.45) is 5.92 Å². The highest BCUT2D eigenvalue weighted by atomic mass is 16.5. The van der Waals surface area contributed by atoms with E-state index >= 15 is 0 Å². The molecule has 0 saturated heterocycles. The predicted molar refractivity (Wildman–Crippen MR) is 93.9 cm³/mol. The van der Waals surface area contributed by atoms with Crippen molar-refractivity contribution in [2.45, 2.75) is 52.4 Å². The summed E-state index contributed by atoms with van der Waals surface area (Å²) < 4.78 is 6.73. The number of ether oxygens (including phenoxy) is 1. The van der Waals surface area contributed by atoms with Crippen LogP contribution in [-0.2, 0) is 11.2 Å². The summed E-state index contributed by atoms with van der Waals surface area (Å²) in [6, 6.07) is 3.75. The Hall–Kier alpha value is -2.17. The molecule has 0 amide bonds. The van der Waals surface area contributed by atoms with E-state index in [2.05, 4.69) is 11.7 Å². The zero-order chi connectivity index (χ0) is 17.1. The summed E-state index contributed by atoms with van der Waals surface area (Å²) in [5.74, 6) is 0.416. The Morgan fingerprint density at radius 2 is 2.12 bits per heavy atom. The van der Waals surface area contributed by atoms with Gasteiger partial charge in [-0.1, -0.05) is 32.3 Å². The molecule has 1 saturated carbocycles. The average Bonchev–Trinajstić information content (AvgIpc) is 3.21. The monoisotopic (exact) mass is 327 g/mol. The molecule has 0 radical (unpaired) electrons. The first-order chi connectivity index (χ1) is 11.6. The van der Waals surface area contributed by atoms with Crippen molar-refractivity contribution in [1.29, 1.82) is 0 Å². The van der Waals surface area contributed by atoms with Gasteiger partial charge in [0.05, 0.1) is 12.3 Å². The third-order valence-corrected chi connectivity index (χ3v) is 4.69. The van der Waals surface area contributed by atoms with Gasteiger partial charge in [0.2, 0.25) is 0 Å². The fraction of sp³-hybridized carbons (Fsp3) is 0.526. The lowest BCUT2D eigenvalue weighted by Gasteiger charge is -2.10. The average molecular weight is 327 g/mol. The molecule has 0 spiro atoms. The highest BCUT2D eigenvalue weighted by Crippen LogP contribution is 2.29. The van der Waals surface area contributed by atoms with Gasteiger partial charge < -0.3 is 4.74 Å². The molecule has 5 heteroatoms. The molecule has 3 rings (SSSR count). The van der Waals surface area contributed by atoms with E-state index in [9.17, 15) is 4.79 Å². The molecule has 0 atom stereocenters. The number of fused-ring (bicyclic) bond motifs is 1. The van der Waals surface area contributed by atoms with E-state index in [0.717, 1.165) is 29.3 Å². The second-order valence-electron chi connectivity index (χ2n) is 6.62. The minimum absolute atomic E-state index is 0.291. The van der Waals surface area contributed by atoms with Gasteiger partial charge in [-0.2, -0.15) is 5.10 Å². The number of allylic oxidation sites excluding steroid dienone is 1. The lowest BCUT2D eigenvalue weighted by molar-refractivity contribution is 0.0519. The highest BCUT2D eigenvalue weighted by molar-refractivity contribution is 5.88. The molecule has 0 aromatic carbocycles. The van der Waals surface area contributed by atoms with Crippen LogP contribution in [0.3, 0.4) is 0 Å². The molecule has 2 heterocycles. The number of aromatic nitrogens is 3. The first kappa shape index (κ1) is 16.7. The maximum absolute atomic E-state index is 11.9. The van der Waals surface area contributed by atoms with Crippen molar-refractivity contribution in [1.82, 2.24) is 14.6 Å². The van der Waals surface area contributed by atoms with Crippen LogP contribution in [0, 0.1) is 5.92 Å². The van der Waals surface area contributed by atoms with Gasteiger partial charge >= 0.3 is 5.97 Å². The quantitative estimate of drug-likeness (QED) is 0.751. The van der Waals surface area contributed by atoms with E-state index in [4.69, 9.17) is 9.72 Å². The number of rotatable bonds is 6. The van der Waals surface area contributed by atoms with Crippen LogP contribution < -0.4 is 0 Å². The van der Waals surface area contributed by atoms with E-state index in [1.165, 1.54) is 32.1 Å². The van der Waals surface area contributed by atoms with Crippen LogP contribution in [0.5, 0.6) is 0 Å². The lowest BCUT2D eigenvalue weighted by Crippen LogP contribution is -2.07. The minimum atomic E-state index is -0.414. The van der Waals surface area contributed by atoms with Gasteiger partial charge in [-0.15, -0.1) is 0 Å². The summed E-state index contributed by atoms with van der Waals surface area (Å²) in [5, 5.41) is 4.35. The molecule has 1 aliphatic rings. The van der Waals surface area contributed by atoms with Crippen molar-refractivity contribution in [3.63, 3.8) is 0 Å². The van der Waals surface area contributed by atoms with Gasteiger partial charge in [0.1, 0.15) is 0 Å². The Kier molecular flexibility index (Phi) is 4.97. The molecular formula is C19H25N3O2. The summed E-state index contributed by atoms with van der Waals surface area (Å²) in [6.45, 7) is 8.10. The van der Waals surface area contributed by atoms with Gasteiger partial charge in [0.15, 0.2) is 11.3 Å². The number of carbonyl (C=O) groups is 1. The minimum Gasteiger partial charge on any atom is -0.461 e. The van der Waals surface area contributed by atoms with E-state index < -0.39 is 5.97 Å². The van der Waals surface area contributed by atoms with Crippen molar-refractivity contribution in [3.8, 4) is 0 Å². The van der Waals surface area contributed by atoms with Gasteiger partial charge in [-0.05, 0) is 44.2 Å². The summed E-state index contributed by atoms with van der Waals surface area (Å²) in [5.41, 5.74) is 3.82. The fourth-order valence-electron chi connectivity index (χ4n) is 3.41. The van der Waals surface area contributed by atoms with Crippen molar-refractivity contribution >= 4 is 17.2 Å². The zero-order valence-electron chi connectivity index (χ0n) is 14.5. The molecule has 2 aromatic heterocycles. The van der Waals surface area contributed by atoms with Crippen LogP contribution in [0.2, 0.25) is 0 Å². The van der Waals surface area contributed by atoms with Crippen LogP contribution in [-0.4, -0.2) is 27.2 Å². The first-order valence-corrected chi connectivity index (χ1v) is 8.81. The second-order valence-corrected chi connectivity index (χ2v) is 6.62. The van der Waals surface area contributed by atoms with Crippen LogP contribution in [0.15, 0.2) is 18.7 Å². The number of carbonyl (C=O) groups excluding carboxylic acids is 1. The highest BCUT2D eigenvalue weighted by Gasteiger charge is 2.18. The number of aryl methyl sites for hydroxylation is 1. The molecule has 0 aliphatic heterocycles. The Morgan fingerprint density at radius 1 is 1.38 bits per heavy atom. The molecule has 24 heavy (non-hydrogen) atoms. The molecule has 0 bridgehead atoms. The van der Waals surface area contributed by atoms with Crippen molar-refractivity contribution in [3.05, 3.63) is 35.8 Å². The largest absolute Gasteiger partial charge is 0.461 e. The zero-order valence-corrected chi connectivity index (χ0v) is 14.5. The molecule has 0 unspecified atom stereocenters. The lowest BCUT2D eigenvalue weighted by atomic mass is 10.00. The van der Waals surface area contributed by atoms with Crippen LogP contribution in [0.1, 0.15) is 67.8 Å². The second kappa shape index (κ2) is 7.16. The summed E-state index contributed by atoms with van der Waals surface area (Å²) in [4.78, 5) is 16.6. The fourth-order valence-corrected chi connectivity index (χ4v) is 3.41. The van der Waals surface area contributed by atoms with E-state index in [1.807, 2.05) is 13.0 Å². The smallest absolute Gasteiger partial charge is 0.358 e. The molecule has 1 aliphatic carbocycles. The third-order valence-electron chi connectivity index (χ3n) is 4.69. The number of nitrogens with zero attached hydrogens (tertiary/aromatic N) is 3. The van der Waals surface area contributed by atoms with Crippen LogP contribution in [0.25, 0.3) is 11.2 Å². The van der Waals surface area contributed by atoms with Gasteiger partial charge in [-0.25, -0.2) is 14.3 Å². The number of hydrogen-bond acceptors (Lipinski definition) is 4. The Morgan fingerprint density at radius 3 is 2.79 bits per heavy atom. The SMILES string of the molecule is C=C(C)c1cc(CCC2CCCC2)nc2cc(C(=O)OCC)nn12. The van der Waals surface area contributed by atoms with Gasteiger partial charge in [0, 0.05) is 11.8 Å². The third kappa shape index (κ3) is 3.50. The van der Waals surface area contributed by atoms with E-state index in [0.29, 0.717) is 17.9 Å². The molecule has 1 fully saturated rings.